The van der Waals surface area contributed by atoms with Gasteiger partial charge in [0.2, 0.25) is 0 Å². The first kappa shape index (κ1) is 20.2. The molecule has 1 N–H and O–H groups in total. The minimum Gasteiger partial charge on any atom is -0.497 e. The summed E-state index contributed by atoms with van der Waals surface area (Å²) in [5, 5.41) is 10.4. The first-order valence-electron chi connectivity index (χ1n) is 10.6. The van der Waals surface area contributed by atoms with Gasteiger partial charge in [0.25, 0.3) is 0 Å². The minimum atomic E-state index is -0.470. The van der Waals surface area contributed by atoms with Crippen LogP contribution in [0.25, 0.3) is 0 Å². The summed E-state index contributed by atoms with van der Waals surface area (Å²) in [6.07, 6.45) is 2.91. The van der Waals surface area contributed by atoms with Crippen LogP contribution in [0.2, 0.25) is 0 Å². The number of rotatable bonds is 9. The molecule has 0 amide bonds. The Balaban J connectivity index is 1.16. The van der Waals surface area contributed by atoms with Crippen LogP contribution in [-0.2, 0) is 11.2 Å². The highest BCUT2D eigenvalue weighted by atomic mass is 16.5. The maximum absolute atomic E-state index is 10.4. The third kappa shape index (κ3) is 5.30. The van der Waals surface area contributed by atoms with Gasteiger partial charge >= 0.3 is 0 Å². The maximum Gasteiger partial charge on any atom is 0.123 e. The quantitative estimate of drug-likeness (QED) is 0.704. The Morgan fingerprint density at radius 2 is 1.97 bits per heavy atom. The topological polar surface area (TPSA) is 51.2 Å². The number of methoxy groups -OCH3 is 1. The van der Waals surface area contributed by atoms with Crippen LogP contribution in [0, 0.1) is 0 Å². The number of hydrogen-bond acceptors (Lipinski definition) is 5. The van der Waals surface area contributed by atoms with E-state index in [2.05, 4.69) is 29.2 Å². The van der Waals surface area contributed by atoms with Crippen molar-refractivity contribution >= 4 is 0 Å². The van der Waals surface area contributed by atoms with E-state index >= 15 is 0 Å². The minimum absolute atomic E-state index is 0.144. The smallest absolute Gasteiger partial charge is 0.123 e. The fraction of sp³-hybridized carbons (Fsp3) is 0.500. The Labute approximate surface area is 173 Å². The van der Waals surface area contributed by atoms with E-state index in [9.17, 15) is 5.11 Å². The molecule has 4 rings (SSSR count). The second-order valence-corrected chi connectivity index (χ2v) is 8.09. The van der Waals surface area contributed by atoms with E-state index in [1.54, 1.807) is 7.11 Å². The van der Waals surface area contributed by atoms with Crippen molar-refractivity contribution in [1.82, 2.24) is 4.90 Å². The molecule has 5 heteroatoms. The summed E-state index contributed by atoms with van der Waals surface area (Å²) in [6.45, 7) is 3.46. The van der Waals surface area contributed by atoms with Gasteiger partial charge in [-0.1, -0.05) is 30.3 Å². The van der Waals surface area contributed by atoms with Gasteiger partial charge in [-0.25, -0.2) is 0 Å². The second kappa shape index (κ2) is 9.61. The maximum atomic E-state index is 10.4. The molecular formula is C24H31NO4. The lowest BCUT2D eigenvalue weighted by molar-refractivity contribution is 0.0142. The Hall–Kier alpha value is -2.08. The van der Waals surface area contributed by atoms with Gasteiger partial charge in [0.05, 0.1) is 26.4 Å². The van der Waals surface area contributed by atoms with Gasteiger partial charge in [-0.2, -0.15) is 0 Å². The molecule has 1 saturated heterocycles. The van der Waals surface area contributed by atoms with E-state index < -0.39 is 6.10 Å². The van der Waals surface area contributed by atoms with Gasteiger partial charge in [-0.05, 0) is 42.5 Å². The third-order valence-electron chi connectivity index (χ3n) is 5.93. The fourth-order valence-corrected chi connectivity index (χ4v) is 4.44. The highest BCUT2D eigenvalue weighted by Gasteiger charge is 2.26. The molecule has 5 nitrogen and oxygen atoms in total. The van der Waals surface area contributed by atoms with E-state index in [0.29, 0.717) is 25.7 Å². The number of nitrogens with zero attached hydrogens (tertiary/aromatic N) is 1. The SMILES string of the molecule is COc1cccc(O[C@H]2CCN(CC(O)COC[C@H]3CCc4ccccc43)C2)c1. The monoisotopic (exact) mass is 397 g/mol. The number of hydrogen-bond donors (Lipinski definition) is 1. The highest BCUT2D eigenvalue weighted by molar-refractivity contribution is 5.35. The normalized spacial score (nSPS) is 22.4. The molecule has 2 aromatic rings. The van der Waals surface area contributed by atoms with Crippen LogP contribution >= 0.6 is 0 Å². The average Bonchev–Trinajstić information content (AvgIpc) is 3.35. The molecule has 1 heterocycles. The number of aryl methyl sites for hydroxylation is 1. The Kier molecular flexibility index (Phi) is 6.70. The lowest BCUT2D eigenvalue weighted by atomic mass is 10.0. The van der Waals surface area contributed by atoms with Crippen LogP contribution in [0.3, 0.4) is 0 Å². The van der Waals surface area contributed by atoms with Crippen molar-refractivity contribution in [3.63, 3.8) is 0 Å². The first-order chi connectivity index (χ1) is 14.2. The first-order valence-corrected chi connectivity index (χ1v) is 10.6. The molecule has 0 bridgehead atoms. The summed E-state index contributed by atoms with van der Waals surface area (Å²) >= 11 is 0. The largest absolute Gasteiger partial charge is 0.497 e. The predicted molar refractivity (Wildman–Crippen MR) is 113 cm³/mol. The number of aliphatic hydroxyl groups excluding tert-OH is 1. The summed E-state index contributed by atoms with van der Waals surface area (Å²) in [6, 6.07) is 16.3. The summed E-state index contributed by atoms with van der Waals surface area (Å²) in [5.74, 6) is 2.09. The zero-order valence-corrected chi connectivity index (χ0v) is 17.1. The van der Waals surface area contributed by atoms with Crippen molar-refractivity contribution in [2.24, 2.45) is 0 Å². The van der Waals surface area contributed by atoms with Crippen molar-refractivity contribution in [2.75, 3.05) is 40.0 Å². The Morgan fingerprint density at radius 3 is 2.86 bits per heavy atom. The Morgan fingerprint density at radius 1 is 1.10 bits per heavy atom. The highest BCUT2D eigenvalue weighted by Crippen LogP contribution is 2.32. The summed E-state index contributed by atoms with van der Waals surface area (Å²) in [7, 11) is 1.66. The van der Waals surface area contributed by atoms with Crippen molar-refractivity contribution in [1.29, 1.82) is 0 Å². The van der Waals surface area contributed by atoms with E-state index in [0.717, 1.165) is 43.9 Å². The average molecular weight is 398 g/mol. The van der Waals surface area contributed by atoms with Crippen LogP contribution in [0.15, 0.2) is 48.5 Å². The predicted octanol–water partition coefficient (Wildman–Crippen LogP) is 3.26. The molecule has 0 aromatic heterocycles. The van der Waals surface area contributed by atoms with Crippen LogP contribution in [0.5, 0.6) is 11.5 Å². The zero-order chi connectivity index (χ0) is 20.1. The molecule has 29 heavy (non-hydrogen) atoms. The third-order valence-corrected chi connectivity index (χ3v) is 5.93. The van der Waals surface area contributed by atoms with Crippen molar-refractivity contribution in [3.05, 3.63) is 59.7 Å². The van der Waals surface area contributed by atoms with Gasteiger partial charge in [0.1, 0.15) is 17.6 Å². The molecule has 0 spiro atoms. The van der Waals surface area contributed by atoms with E-state index in [1.165, 1.54) is 11.1 Å². The molecule has 156 valence electrons. The molecule has 1 unspecified atom stereocenters. The lowest BCUT2D eigenvalue weighted by Crippen LogP contribution is -2.35. The van der Waals surface area contributed by atoms with E-state index in [-0.39, 0.29) is 6.10 Å². The number of benzene rings is 2. The zero-order valence-electron chi connectivity index (χ0n) is 17.1. The van der Waals surface area contributed by atoms with Crippen molar-refractivity contribution in [2.45, 2.75) is 37.4 Å². The van der Waals surface area contributed by atoms with Crippen LogP contribution in [0.4, 0.5) is 0 Å². The van der Waals surface area contributed by atoms with Gasteiger partial charge < -0.3 is 19.3 Å². The number of ether oxygens (including phenoxy) is 3. The summed E-state index contributed by atoms with van der Waals surface area (Å²) in [5.41, 5.74) is 2.86. The van der Waals surface area contributed by atoms with Crippen molar-refractivity contribution in [3.8, 4) is 11.5 Å². The molecule has 1 fully saturated rings. The van der Waals surface area contributed by atoms with Gasteiger partial charge in [0, 0.05) is 31.6 Å². The number of aliphatic hydroxyl groups is 1. The number of β-amino-alcohol motifs (C(OH)–C–C–N with tert-alkyl or cyclic N) is 1. The van der Waals surface area contributed by atoms with E-state index in [1.807, 2.05) is 24.3 Å². The van der Waals surface area contributed by atoms with Gasteiger partial charge in [0.15, 0.2) is 0 Å². The molecule has 2 aromatic carbocycles. The Bertz CT molecular complexity index is 796. The summed E-state index contributed by atoms with van der Waals surface area (Å²) < 4.78 is 17.2. The van der Waals surface area contributed by atoms with Crippen molar-refractivity contribution < 1.29 is 19.3 Å². The number of likely N-dealkylation sites (tertiary alicyclic amines) is 1. The molecule has 3 atom stereocenters. The van der Waals surface area contributed by atoms with Gasteiger partial charge in [-0.15, -0.1) is 0 Å². The molecule has 1 aliphatic heterocycles. The fourth-order valence-electron chi connectivity index (χ4n) is 4.44. The standard InChI is InChI=1S/C24H31NO4/c1-27-21-6-4-7-22(13-21)29-23-11-12-25(15-23)14-20(26)17-28-16-19-10-9-18-5-2-3-8-24(18)19/h2-8,13,19-20,23,26H,9-12,14-17H2,1H3/t19-,20?,23+/m1/s1. The van der Waals surface area contributed by atoms with E-state index in [4.69, 9.17) is 14.2 Å². The van der Waals surface area contributed by atoms with Gasteiger partial charge in [-0.3, -0.25) is 4.90 Å². The van der Waals surface area contributed by atoms with Crippen LogP contribution in [-0.4, -0.2) is 62.2 Å². The van der Waals surface area contributed by atoms with Crippen LogP contribution in [0.1, 0.15) is 29.9 Å². The molecular weight excluding hydrogens is 366 g/mol. The molecule has 2 aliphatic rings. The lowest BCUT2D eigenvalue weighted by Gasteiger charge is -2.21. The van der Waals surface area contributed by atoms with Crippen LogP contribution < -0.4 is 9.47 Å². The molecule has 0 radical (unpaired) electrons. The number of fused-ring (bicyclic) bond motifs is 1. The molecule has 1 aliphatic carbocycles. The molecule has 0 saturated carbocycles. The summed E-state index contributed by atoms with van der Waals surface area (Å²) in [4.78, 5) is 2.25. The second-order valence-electron chi connectivity index (χ2n) is 8.09.